The van der Waals surface area contributed by atoms with Crippen molar-refractivity contribution in [3.8, 4) is 0 Å². The first-order chi connectivity index (χ1) is 7.83. The number of nitrogens with zero attached hydrogens (tertiary/aromatic N) is 2. The number of aromatic nitrogens is 2. The van der Waals surface area contributed by atoms with Gasteiger partial charge in [0, 0.05) is 18.8 Å². The molecule has 1 N–H and O–H groups in total. The summed E-state index contributed by atoms with van der Waals surface area (Å²) in [5.41, 5.74) is 1.44. The van der Waals surface area contributed by atoms with Gasteiger partial charge >= 0.3 is 0 Å². The Bertz CT molecular complexity index is 346. The molecule has 1 aromatic rings. The lowest BCUT2D eigenvalue weighted by molar-refractivity contribution is 0.289. The van der Waals surface area contributed by atoms with Gasteiger partial charge in [-0.1, -0.05) is 0 Å². The zero-order valence-corrected chi connectivity index (χ0v) is 10.0. The molecule has 1 saturated heterocycles. The summed E-state index contributed by atoms with van der Waals surface area (Å²) in [7, 11) is 0. The van der Waals surface area contributed by atoms with E-state index in [2.05, 4.69) is 34.4 Å². The Labute approximate surface area is 97.2 Å². The minimum Gasteiger partial charge on any atom is -0.314 e. The van der Waals surface area contributed by atoms with E-state index in [4.69, 9.17) is 0 Å². The molecule has 2 heterocycles. The van der Waals surface area contributed by atoms with Gasteiger partial charge in [0.25, 0.3) is 0 Å². The van der Waals surface area contributed by atoms with E-state index in [0.29, 0.717) is 18.0 Å². The molecule has 1 saturated carbocycles. The van der Waals surface area contributed by atoms with Crippen molar-refractivity contribution in [1.82, 2.24) is 15.1 Å². The molecule has 88 valence electrons. The van der Waals surface area contributed by atoms with Gasteiger partial charge in [0.2, 0.25) is 0 Å². The first kappa shape index (κ1) is 10.3. The summed E-state index contributed by atoms with van der Waals surface area (Å²) >= 11 is 0. The molecule has 0 bridgehead atoms. The summed E-state index contributed by atoms with van der Waals surface area (Å²) in [5.74, 6) is 0.685. The van der Waals surface area contributed by atoms with Crippen molar-refractivity contribution in [2.24, 2.45) is 0 Å². The van der Waals surface area contributed by atoms with E-state index in [0.717, 1.165) is 6.54 Å². The van der Waals surface area contributed by atoms with Crippen molar-refractivity contribution in [1.29, 1.82) is 0 Å². The third kappa shape index (κ3) is 1.88. The van der Waals surface area contributed by atoms with Crippen LogP contribution in [-0.4, -0.2) is 22.4 Å². The predicted octanol–water partition coefficient (Wildman–Crippen LogP) is 2.46. The largest absolute Gasteiger partial charge is 0.314 e. The molecule has 2 fully saturated rings. The zero-order chi connectivity index (χ0) is 11.0. The second-order valence-corrected chi connectivity index (χ2v) is 5.42. The van der Waals surface area contributed by atoms with Crippen molar-refractivity contribution in [2.45, 2.75) is 57.0 Å². The molecule has 3 heteroatoms. The summed E-state index contributed by atoms with van der Waals surface area (Å²) in [4.78, 5) is 0. The summed E-state index contributed by atoms with van der Waals surface area (Å²) < 4.78 is 2.19. The van der Waals surface area contributed by atoms with Crippen LogP contribution in [0.25, 0.3) is 0 Å². The first-order valence-corrected chi connectivity index (χ1v) is 6.60. The van der Waals surface area contributed by atoms with Crippen LogP contribution in [-0.2, 0) is 0 Å². The SMILES string of the molecule is C[C@@H]1CC[C@@H](c2cnn(C3CCC3)c2)CN1. The fourth-order valence-corrected chi connectivity index (χ4v) is 2.70. The third-order valence-corrected chi connectivity index (χ3v) is 4.20. The molecule has 0 amide bonds. The molecule has 2 aliphatic rings. The Morgan fingerprint density at radius 1 is 1.31 bits per heavy atom. The Hall–Kier alpha value is -0.830. The second-order valence-electron chi connectivity index (χ2n) is 5.42. The average molecular weight is 219 g/mol. The molecule has 3 rings (SSSR count). The molecule has 16 heavy (non-hydrogen) atoms. The maximum absolute atomic E-state index is 4.52. The van der Waals surface area contributed by atoms with Gasteiger partial charge in [-0.2, -0.15) is 5.10 Å². The van der Waals surface area contributed by atoms with Crippen molar-refractivity contribution >= 4 is 0 Å². The second kappa shape index (κ2) is 4.21. The molecule has 2 atom stereocenters. The average Bonchev–Trinajstić information content (AvgIpc) is 2.65. The van der Waals surface area contributed by atoms with Crippen LogP contribution in [0, 0.1) is 0 Å². The Balaban J connectivity index is 1.67. The van der Waals surface area contributed by atoms with Gasteiger partial charge in [-0.05, 0) is 50.5 Å². The van der Waals surface area contributed by atoms with Crippen molar-refractivity contribution < 1.29 is 0 Å². The quantitative estimate of drug-likeness (QED) is 0.828. The van der Waals surface area contributed by atoms with Crippen LogP contribution in [0.3, 0.4) is 0 Å². The van der Waals surface area contributed by atoms with Crippen LogP contribution in [0.2, 0.25) is 0 Å². The van der Waals surface area contributed by atoms with Crippen LogP contribution in [0.5, 0.6) is 0 Å². The van der Waals surface area contributed by atoms with Gasteiger partial charge < -0.3 is 5.32 Å². The topological polar surface area (TPSA) is 29.9 Å². The summed E-state index contributed by atoms with van der Waals surface area (Å²) in [5, 5.41) is 8.08. The van der Waals surface area contributed by atoms with Crippen molar-refractivity contribution in [2.75, 3.05) is 6.54 Å². The van der Waals surface area contributed by atoms with Crippen molar-refractivity contribution in [3.63, 3.8) is 0 Å². The Kier molecular flexibility index (Phi) is 2.72. The van der Waals surface area contributed by atoms with Gasteiger partial charge in [-0.25, -0.2) is 0 Å². The van der Waals surface area contributed by atoms with Gasteiger partial charge in [0.15, 0.2) is 0 Å². The Morgan fingerprint density at radius 2 is 2.19 bits per heavy atom. The predicted molar refractivity (Wildman–Crippen MR) is 64.6 cm³/mol. The first-order valence-electron chi connectivity index (χ1n) is 6.60. The highest BCUT2D eigenvalue weighted by Crippen LogP contribution is 2.32. The minimum atomic E-state index is 0.685. The van der Waals surface area contributed by atoms with Crippen molar-refractivity contribution in [3.05, 3.63) is 18.0 Å². The third-order valence-electron chi connectivity index (χ3n) is 4.20. The van der Waals surface area contributed by atoms with E-state index in [-0.39, 0.29) is 0 Å². The van der Waals surface area contributed by atoms with E-state index >= 15 is 0 Å². The maximum atomic E-state index is 4.52. The van der Waals surface area contributed by atoms with Crippen LogP contribution < -0.4 is 5.32 Å². The minimum absolute atomic E-state index is 0.685. The summed E-state index contributed by atoms with van der Waals surface area (Å²) in [6.07, 6.45) is 11.0. The van der Waals surface area contributed by atoms with E-state index in [1.807, 2.05) is 0 Å². The van der Waals surface area contributed by atoms with Gasteiger partial charge in [-0.15, -0.1) is 0 Å². The van der Waals surface area contributed by atoms with E-state index in [1.54, 1.807) is 0 Å². The monoisotopic (exact) mass is 219 g/mol. The van der Waals surface area contributed by atoms with Gasteiger partial charge in [0.1, 0.15) is 0 Å². The standard InChI is InChI=1S/C13H21N3/c1-10-5-6-11(7-14-10)12-8-15-16(9-12)13-3-2-4-13/h8-11,13-14H,2-7H2,1H3/t10-,11-/m1/s1. The van der Waals surface area contributed by atoms with Crippen LogP contribution in [0.4, 0.5) is 0 Å². The summed E-state index contributed by atoms with van der Waals surface area (Å²) in [6, 6.07) is 1.39. The highest BCUT2D eigenvalue weighted by Gasteiger charge is 2.23. The highest BCUT2D eigenvalue weighted by molar-refractivity contribution is 5.13. The summed E-state index contributed by atoms with van der Waals surface area (Å²) in [6.45, 7) is 3.39. The molecule has 1 aliphatic carbocycles. The highest BCUT2D eigenvalue weighted by atomic mass is 15.3. The number of hydrogen-bond donors (Lipinski definition) is 1. The number of nitrogens with one attached hydrogen (secondary N) is 1. The van der Waals surface area contributed by atoms with E-state index in [9.17, 15) is 0 Å². The molecule has 0 spiro atoms. The van der Waals surface area contributed by atoms with E-state index < -0.39 is 0 Å². The lowest BCUT2D eigenvalue weighted by Gasteiger charge is -2.27. The van der Waals surface area contributed by atoms with Crippen LogP contribution in [0.1, 0.15) is 56.6 Å². The molecule has 1 aliphatic heterocycles. The van der Waals surface area contributed by atoms with Gasteiger partial charge in [-0.3, -0.25) is 4.68 Å². The fourth-order valence-electron chi connectivity index (χ4n) is 2.70. The molecule has 0 aromatic carbocycles. The maximum Gasteiger partial charge on any atom is 0.0525 e. The molecule has 0 unspecified atom stereocenters. The smallest absolute Gasteiger partial charge is 0.0525 e. The molecule has 1 aromatic heterocycles. The number of rotatable bonds is 2. The van der Waals surface area contributed by atoms with Gasteiger partial charge in [0.05, 0.1) is 12.2 Å². The fraction of sp³-hybridized carbons (Fsp3) is 0.769. The molecule has 3 nitrogen and oxygen atoms in total. The van der Waals surface area contributed by atoms with E-state index in [1.165, 1.54) is 37.7 Å². The lowest BCUT2D eigenvalue weighted by Crippen LogP contribution is -2.35. The molecular weight excluding hydrogens is 198 g/mol. The Morgan fingerprint density at radius 3 is 2.81 bits per heavy atom. The molecular formula is C13H21N3. The normalized spacial score (nSPS) is 31.3. The zero-order valence-electron chi connectivity index (χ0n) is 10.0. The lowest BCUT2D eigenvalue weighted by atomic mass is 9.90. The molecule has 0 radical (unpaired) electrons. The number of hydrogen-bond acceptors (Lipinski definition) is 2. The van der Waals surface area contributed by atoms with Crippen LogP contribution in [0.15, 0.2) is 12.4 Å². The number of piperidine rings is 1. The van der Waals surface area contributed by atoms with Crippen LogP contribution >= 0.6 is 0 Å².